The molecule has 1 aromatic rings. The van der Waals surface area contributed by atoms with Crippen LogP contribution in [-0.4, -0.2) is 12.6 Å². The van der Waals surface area contributed by atoms with Gasteiger partial charge in [0.15, 0.2) is 0 Å². The second kappa shape index (κ2) is 3.96. The number of hydrogen-bond acceptors (Lipinski definition) is 3. The Balaban J connectivity index is 1.86. The molecular formula is C14H17N3. The van der Waals surface area contributed by atoms with E-state index in [1.807, 2.05) is 12.1 Å². The minimum Gasteiger partial charge on any atom is -0.398 e. The van der Waals surface area contributed by atoms with Gasteiger partial charge in [-0.15, -0.1) is 0 Å². The zero-order valence-corrected chi connectivity index (χ0v) is 9.89. The Hall–Kier alpha value is -1.69. The Morgan fingerprint density at radius 3 is 2.65 bits per heavy atom. The summed E-state index contributed by atoms with van der Waals surface area (Å²) in [7, 11) is 0. The lowest BCUT2D eigenvalue weighted by Gasteiger charge is -2.25. The number of nitrogen functional groups attached to an aromatic ring is 1. The first kappa shape index (κ1) is 10.5. The van der Waals surface area contributed by atoms with Crippen molar-refractivity contribution in [3.05, 3.63) is 23.8 Å². The van der Waals surface area contributed by atoms with Crippen molar-refractivity contribution >= 4 is 11.4 Å². The molecule has 3 heteroatoms. The molecule has 2 saturated carbocycles. The predicted octanol–water partition coefficient (Wildman–Crippen LogP) is 2.52. The van der Waals surface area contributed by atoms with Crippen LogP contribution in [0, 0.1) is 17.2 Å². The van der Waals surface area contributed by atoms with Gasteiger partial charge in [-0.1, -0.05) is 0 Å². The number of benzene rings is 1. The van der Waals surface area contributed by atoms with Crippen LogP contribution >= 0.6 is 0 Å². The summed E-state index contributed by atoms with van der Waals surface area (Å²) in [5.41, 5.74) is 8.12. The van der Waals surface area contributed by atoms with Gasteiger partial charge in [0, 0.05) is 24.0 Å². The number of nitrogens with two attached hydrogens (primary N) is 1. The van der Waals surface area contributed by atoms with Gasteiger partial charge in [0.25, 0.3) is 0 Å². The Morgan fingerprint density at radius 2 is 2.06 bits per heavy atom. The van der Waals surface area contributed by atoms with Crippen LogP contribution in [0.4, 0.5) is 11.4 Å². The molecule has 0 spiro atoms. The molecule has 3 nitrogen and oxygen atoms in total. The minimum atomic E-state index is 0.582. The van der Waals surface area contributed by atoms with Crippen LogP contribution in [0.2, 0.25) is 0 Å². The molecule has 0 bridgehead atoms. The maximum atomic E-state index is 9.02. The highest BCUT2D eigenvalue weighted by Gasteiger charge is 2.33. The lowest BCUT2D eigenvalue weighted by atomic mass is 10.1. The average Bonchev–Trinajstić information content (AvgIpc) is 3.19. The van der Waals surface area contributed by atoms with Gasteiger partial charge in [-0.05, 0) is 49.8 Å². The Morgan fingerprint density at radius 1 is 1.29 bits per heavy atom. The van der Waals surface area contributed by atoms with Gasteiger partial charge in [-0.3, -0.25) is 0 Å². The van der Waals surface area contributed by atoms with E-state index >= 15 is 0 Å². The van der Waals surface area contributed by atoms with E-state index in [0.717, 1.165) is 12.5 Å². The summed E-state index contributed by atoms with van der Waals surface area (Å²) < 4.78 is 0. The molecule has 2 aliphatic carbocycles. The molecule has 17 heavy (non-hydrogen) atoms. The highest BCUT2D eigenvalue weighted by molar-refractivity contribution is 5.63. The molecule has 0 radical (unpaired) electrons. The van der Waals surface area contributed by atoms with Crippen molar-refractivity contribution in [1.29, 1.82) is 5.26 Å². The van der Waals surface area contributed by atoms with E-state index in [4.69, 9.17) is 11.0 Å². The summed E-state index contributed by atoms with van der Waals surface area (Å²) in [5, 5.41) is 9.02. The number of rotatable bonds is 4. The van der Waals surface area contributed by atoms with Crippen LogP contribution in [-0.2, 0) is 0 Å². The van der Waals surface area contributed by atoms with E-state index in [1.165, 1.54) is 31.4 Å². The largest absolute Gasteiger partial charge is 0.398 e. The molecule has 2 fully saturated rings. The Labute approximate surface area is 102 Å². The molecule has 0 aliphatic heterocycles. The molecule has 2 aliphatic rings. The zero-order valence-electron chi connectivity index (χ0n) is 9.89. The van der Waals surface area contributed by atoms with Gasteiger partial charge in [0.2, 0.25) is 0 Å². The minimum absolute atomic E-state index is 0.582. The van der Waals surface area contributed by atoms with Crippen LogP contribution in [0.15, 0.2) is 18.2 Å². The smallest absolute Gasteiger partial charge is 0.101 e. The first-order valence-electron chi connectivity index (χ1n) is 6.34. The summed E-state index contributed by atoms with van der Waals surface area (Å²) in [6.45, 7) is 1.15. The molecule has 0 unspecified atom stereocenters. The van der Waals surface area contributed by atoms with Crippen molar-refractivity contribution in [2.45, 2.75) is 31.7 Å². The van der Waals surface area contributed by atoms with Crippen molar-refractivity contribution in [2.24, 2.45) is 5.92 Å². The van der Waals surface area contributed by atoms with E-state index < -0.39 is 0 Å². The van der Waals surface area contributed by atoms with E-state index in [0.29, 0.717) is 17.3 Å². The quantitative estimate of drug-likeness (QED) is 0.804. The fourth-order valence-electron chi connectivity index (χ4n) is 2.25. The maximum Gasteiger partial charge on any atom is 0.101 e. The lowest BCUT2D eigenvalue weighted by molar-refractivity contribution is 0.719. The normalized spacial score (nSPS) is 18.8. The Bertz CT molecular complexity index is 467. The third kappa shape index (κ3) is 2.21. The Kier molecular flexibility index (Phi) is 2.44. The molecule has 0 saturated heterocycles. The van der Waals surface area contributed by atoms with Crippen molar-refractivity contribution in [1.82, 2.24) is 0 Å². The summed E-state index contributed by atoms with van der Waals surface area (Å²) in [5.74, 6) is 0.874. The summed E-state index contributed by atoms with van der Waals surface area (Å²) in [6, 6.07) is 8.72. The fraction of sp³-hybridized carbons (Fsp3) is 0.500. The number of anilines is 2. The SMILES string of the molecule is N#Cc1cc(N(CC2CC2)C2CC2)ccc1N. The molecule has 0 amide bonds. The van der Waals surface area contributed by atoms with Gasteiger partial charge in [-0.25, -0.2) is 0 Å². The molecule has 88 valence electrons. The standard InChI is InChI=1S/C14H17N3/c15-8-11-7-13(5-6-14(11)16)17(12-3-4-12)9-10-1-2-10/h5-7,10,12H,1-4,9,16H2. The van der Waals surface area contributed by atoms with Crippen molar-refractivity contribution in [2.75, 3.05) is 17.2 Å². The summed E-state index contributed by atoms with van der Waals surface area (Å²) >= 11 is 0. The second-order valence-electron chi connectivity index (χ2n) is 5.21. The molecule has 0 atom stereocenters. The van der Waals surface area contributed by atoms with Crippen LogP contribution < -0.4 is 10.6 Å². The zero-order chi connectivity index (χ0) is 11.8. The van der Waals surface area contributed by atoms with E-state index in [9.17, 15) is 0 Å². The van der Waals surface area contributed by atoms with Crippen LogP contribution in [0.1, 0.15) is 31.2 Å². The molecule has 2 N–H and O–H groups in total. The van der Waals surface area contributed by atoms with Crippen molar-refractivity contribution < 1.29 is 0 Å². The highest BCUT2D eigenvalue weighted by Crippen LogP contribution is 2.38. The van der Waals surface area contributed by atoms with Gasteiger partial charge < -0.3 is 10.6 Å². The molecule has 1 aromatic carbocycles. The second-order valence-corrected chi connectivity index (χ2v) is 5.21. The number of hydrogen-bond donors (Lipinski definition) is 1. The molecule has 0 heterocycles. The first-order chi connectivity index (χ1) is 8.28. The van der Waals surface area contributed by atoms with Crippen molar-refractivity contribution in [3.8, 4) is 6.07 Å². The summed E-state index contributed by atoms with van der Waals surface area (Å²) in [4.78, 5) is 2.47. The van der Waals surface area contributed by atoms with Gasteiger partial charge >= 0.3 is 0 Å². The molecular weight excluding hydrogens is 210 g/mol. The predicted molar refractivity (Wildman–Crippen MR) is 68.7 cm³/mol. The average molecular weight is 227 g/mol. The monoisotopic (exact) mass is 227 g/mol. The van der Waals surface area contributed by atoms with E-state index in [2.05, 4.69) is 17.0 Å². The third-order valence-electron chi connectivity index (χ3n) is 3.63. The first-order valence-corrected chi connectivity index (χ1v) is 6.34. The molecule has 3 rings (SSSR count). The van der Waals surface area contributed by atoms with E-state index in [-0.39, 0.29) is 0 Å². The number of nitrogens with zero attached hydrogens (tertiary/aromatic N) is 2. The van der Waals surface area contributed by atoms with Gasteiger partial charge in [0.1, 0.15) is 6.07 Å². The van der Waals surface area contributed by atoms with Crippen LogP contribution in [0.5, 0.6) is 0 Å². The lowest BCUT2D eigenvalue weighted by Crippen LogP contribution is -2.28. The van der Waals surface area contributed by atoms with Crippen LogP contribution in [0.3, 0.4) is 0 Å². The fourth-order valence-corrected chi connectivity index (χ4v) is 2.25. The third-order valence-corrected chi connectivity index (χ3v) is 3.63. The molecule has 0 aromatic heterocycles. The number of nitriles is 1. The van der Waals surface area contributed by atoms with Gasteiger partial charge in [-0.2, -0.15) is 5.26 Å². The summed E-state index contributed by atoms with van der Waals surface area (Å²) in [6.07, 6.45) is 5.31. The topological polar surface area (TPSA) is 53.0 Å². The van der Waals surface area contributed by atoms with Gasteiger partial charge in [0.05, 0.1) is 5.56 Å². The van der Waals surface area contributed by atoms with E-state index in [1.54, 1.807) is 0 Å². The maximum absolute atomic E-state index is 9.02. The van der Waals surface area contributed by atoms with Crippen molar-refractivity contribution in [3.63, 3.8) is 0 Å². The van der Waals surface area contributed by atoms with Crippen LogP contribution in [0.25, 0.3) is 0 Å². The highest BCUT2D eigenvalue weighted by atomic mass is 15.2.